The predicted molar refractivity (Wildman–Crippen MR) is 66.2 cm³/mol. The molecule has 0 heterocycles. The zero-order chi connectivity index (χ0) is 13.6. The summed E-state index contributed by atoms with van der Waals surface area (Å²) in [6, 6.07) is -1.23. The van der Waals surface area contributed by atoms with Gasteiger partial charge in [-0.25, -0.2) is 4.79 Å². The van der Waals surface area contributed by atoms with Crippen molar-refractivity contribution in [2.75, 3.05) is 7.11 Å². The standard InChI is InChI=1S/C12H24N2O3/c1-6-8(4)10(12(16)17-5)14-11(15)9(13)7(2)3/h7-10H,6,13H2,1-5H3,(H,14,15)/t8-,9-,10-/m0/s1. The van der Waals surface area contributed by atoms with Crippen LogP contribution in [0.5, 0.6) is 0 Å². The Bertz CT molecular complexity index is 266. The van der Waals surface area contributed by atoms with Crippen LogP contribution in [0.1, 0.15) is 34.1 Å². The monoisotopic (exact) mass is 244 g/mol. The maximum absolute atomic E-state index is 11.8. The molecule has 1 amide bonds. The van der Waals surface area contributed by atoms with Gasteiger partial charge in [0.1, 0.15) is 6.04 Å². The van der Waals surface area contributed by atoms with Crippen LogP contribution in [0, 0.1) is 11.8 Å². The van der Waals surface area contributed by atoms with E-state index in [0.29, 0.717) is 0 Å². The highest BCUT2D eigenvalue weighted by atomic mass is 16.5. The number of carbonyl (C=O) groups is 2. The summed E-state index contributed by atoms with van der Waals surface area (Å²) >= 11 is 0. The summed E-state index contributed by atoms with van der Waals surface area (Å²) in [5.41, 5.74) is 5.73. The summed E-state index contributed by atoms with van der Waals surface area (Å²) in [5.74, 6) is -0.685. The number of rotatable bonds is 6. The minimum absolute atomic E-state index is 0.0192. The highest BCUT2D eigenvalue weighted by molar-refractivity contribution is 5.87. The van der Waals surface area contributed by atoms with Gasteiger partial charge in [-0.3, -0.25) is 4.79 Å². The lowest BCUT2D eigenvalue weighted by Crippen LogP contribution is -2.52. The fourth-order valence-electron chi connectivity index (χ4n) is 1.35. The zero-order valence-corrected chi connectivity index (χ0v) is 11.3. The van der Waals surface area contributed by atoms with E-state index in [1.54, 1.807) is 0 Å². The van der Waals surface area contributed by atoms with Crippen molar-refractivity contribution in [2.45, 2.75) is 46.2 Å². The van der Waals surface area contributed by atoms with Gasteiger partial charge in [0.2, 0.25) is 5.91 Å². The summed E-state index contributed by atoms with van der Waals surface area (Å²) < 4.78 is 4.68. The van der Waals surface area contributed by atoms with Gasteiger partial charge in [-0.2, -0.15) is 0 Å². The Labute approximate surface area is 103 Å². The Balaban J connectivity index is 4.64. The van der Waals surface area contributed by atoms with Crippen LogP contribution in [-0.2, 0) is 14.3 Å². The smallest absolute Gasteiger partial charge is 0.328 e. The Morgan fingerprint density at radius 2 is 1.82 bits per heavy atom. The molecule has 0 saturated carbocycles. The summed E-state index contributed by atoms with van der Waals surface area (Å²) in [6.45, 7) is 7.57. The molecule has 0 aliphatic rings. The van der Waals surface area contributed by atoms with Crippen molar-refractivity contribution in [2.24, 2.45) is 17.6 Å². The average molecular weight is 244 g/mol. The second-order valence-corrected chi connectivity index (χ2v) is 4.66. The van der Waals surface area contributed by atoms with Crippen molar-refractivity contribution in [3.63, 3.8) is 0 Å². The lowest BCUT2D eigenvalue weighted by atomic mass is 9.97. The summed E-state index contributed by atoms with van der Waals surface area (Å²) in [7, 11) is 1.31. The van der Waals surface area contributed by atoms with E-state index in [1.165, 1.54) is 7.11 Å². The lowest BCUT2D eigenvalue weighted by Gasteiger charge is -2.24. The molecule has 0 fully saturated rings. The molecule has 5 nitrogen and oxygen atoms in total. The van der Waals surface area contributed by atoms with E-state index < -0.39 is 18.1 Å². The second kappa shape index (κ2) is 7.27. The van der Waals surface area contributed by atoms with Crippen LogP contribution < -0.4 is 11.1 Å². The molecule has 5 heteroatoms. The van der Waals surface area contributed by atoms with Crippen LogP contribution in [0.25, 0.3) is 0 Å². The van der Waals surface area contributed by atoms with Gasteiger partial charge >= 0.3 is 5.97 Å². The predicted octanol–water partition coefficient (Wildman–Crippen LogP) is 0.674. The fraction of sp³-hybridized carbons (Fsp3) is 0.833. The quantitative estimate of drug-likeness (QED) is 0.673. The van der Waals surface area contributed by atoms with Crippen LogP contribution in [0.2, 0.25) is 0 Å². The summed E-state index contributed by atoms with van der Waals surface area (Å²) in [5, 5.41) is 2.66. The minimum Gasteiger partial charge on any atom is -0.467 e. The van der Waals surface area contributed by atoms with Gasteiger partial charge in [0, 0.05) is 0 Å². The van der Waals surface area contributed by atoms with Crippen LogP contribution in [-0.4, -0.2) is 31.1 Å². The Morgan fingerprint density at radius 1 is 1.29 bits per heavy atom. The number of esters is 1. The molecular formula is C12H24N2O3. The van der Waals surface area contributed by atoms with Crippen LogP contribution in [0.4, 0.5) is 0 Å². The molecule has 100 valence electrons. The summed E-state index contributed by atoms with van der Waals surface area (Å²) in [4.78, 5) is 23.4. The van der Waals surface area contributed by atoms with E-state index in [0.717, 1.165) is 6.42 Å². The number of nitrogens with one attached hydrogen (secondary N) is 1. The van der Waals surface area contributed by atoms with Crippen molar-refractivity contribution >= 4 is 11.9 Å². The molecule has 0 spiro atoms. The number of amides is 1. The van der Waals surface area contributed by atoms with Crippen molar-refractivity contribution in [3.05, 3.63) is 0 Å². The molecule has 17 heavy (non-hydrogen) atoms. The number of hydrogen-bond donors (Lipinski definition) is 2. The SMILES string of the molecule is CC[C@H](C)[C@H](NC(=O)[C@@H](N)C(C)C)C(=O)OC. The topological polar surface area (TPSA) is 81.4 Å². The number of nitrogens with two attached hydrogens (primary N) is 1. The van der Waals surface area contributed by atoms with Crippen molar-refractivity contribution < 1.29 is 14.3 Å². The van der Waals surface area contributed by atoms with Crippen molar-refractivity contribution in [1.29, 1.82) is 0 Å². The normalized spacial score (nSPS) is 16.2. The number of hydrogen-bond acceptors (Lipinski definition) is 4. The van der Waals surface area contributed by atoms with Gasteiger partial charge in [0.05, 0.1) is 13.2 Å². The molecular weight excluding hydrogens is 220 g/mol. The first-order chi connectivity index (χ1) is 7.84. The van der Waals surface area contributed by atoms with E-state index in [-0.39, 0.29) is 17.7 Å². The van der Waals surface area contributed by atoms with Gasteiger partial charge in [-0.05, 0) is 11.8 Å². The molecule has 0 rings (SSSR count). The third kappa shape index (κ3) is 4.73. The van der Waals surface area contributed by atoms with E-state index in [1.807, 2.05) is 27.7 Å². The number of ether oxygens (including phenoxy) is 1. The highest BCUT2D eigenvalue weighted by Gasteiger charge is 2.29. The lowest BCUT2D eigenvalue weighted by molar-refractivity contribution is -0.146. The largest absolute Gasteiger partial charge is 0.467 e. The maximum atomic E-state index is 11.8. The second-order valence-electron chi connectivity index (χ2n) is 4.66. The minimum atomic E-state index is -0.623. The molecule has 0 saturated heterocycles. The molecule has 0 aromatic rings. The fourth-order valence-corrected chi connectivity index (χ4v) is 1.35. The first-order valence-corrected chi connectivity index (χ1v) is 5.98. The first-order valence-electron chi connectivity index (χ1n) is 5.98. The maximum Gasteiger partial charge on any atom is 0.328 e. The van der Waals surface area contributed by atoms with Crippen LogP contribution in [0.15, 0.2) is 0 Å². The van der Waals surface area contributed by atoms with Crippen LogP contribution in [0.3, 0.4) is 0 Å². The van der Waals surface area contributed by atoms with E-state index in [2.05, 4.69) is 10.1 Å². The average Bonchev–Trinajstić information content (AvgIpc) is 2.32. The number of carbonyl (C=O) groups excluding carboxylic acids is 2. The summed E-state index contributed by atoms with van der Waals surface area (Å²) in [6.07, 6.45) is 0.775. The van der Waals surface area contributed by atoms with Gasteiger partial charge < -0.3 is 15.8 Å². The molecule has 0 bridgehead atoms. The van der Waals surface area contributed by atoms with Gasteiger partial charge in [-0.15, -0.1) is 0 Å². The Hall–Kier alpha value is -1.10. The van der Waals surface area contributed by atoms with E-state index in [4.69, 9.17) is 5.73 Å². The molecule has 0 aromatic heterocycles. The van der Waals surface area contributed by atoms with Crippen molar-refractivity contribution in [3.8, 4) is 0 Å². The Kier molecular flexibility index (Phi) is 6.80. The molecule has 3 N–H and O–H groups in total. The Morgan fingerprint density at radius 3 is 2.18 bits per heavy atom. The highest BCUT2D eigenvalue weighted by Crippen LogP contribution is 2.10. The molecule has 0 radical (unpaired) electrons. The van der Waals surface area contributed by atoms with Gasteiger partial charge in [0.15, 0.2) is 0 Å². The third-order valence-electron chi connectivity index (χ3n) is 2.99. The number of methoxy groups -OCH3 is 1. The first kappa shape index (κ1) is 15.9. The third-order valence-corrected chi connectivity index (χ3v) is 2.99. The van der Waals surface area contributed by atoms with E-state index in [9.17, 15) is 9.59 Å². The molecule has 0 aliphatic heterocycles. The van der Waals surface area contributed by atoms with E-state index >= 15 is 0 Å². The van der Waals surface area contributed by atoms with Crippen LogP contribution >= 0.6 is 0 Å². The van der Waals surface area contributed by atoms with Gasteiger partial charge in [0.25, 0.3) is 0 Å². The van der Waals surface area contributed by atoms with Crippen molar-refractivity contribution in [1.82, 2.24) is 5.32 Å². The van der Waals surface area contributed by atoms with Gasteiger partial charge in [-0.1, -0.05) is 34.1 Å². The molecule has 0 aromatic carbocycles. The molecule has 3 atom stereocenters. The molecule has 0 aliphatic carbocycles. The molecule has 0 unspecified atom stereocenters. The zero-order valence-electron chi connectivity index (χ0n) is 11.3.